The number of carbonyl (C=O) groups excluding carboxylic acids is 1. The lowest BCUT2D eigenvalue weighted by atomic mass is 10.1. The molecule has 0 saturated carbocycles. The Hall–Kier alpha value is -2.15. The summed E-state index contributed by atoms with van der Waals surface area (Å²) < 4.78 is 32.3. The maximum Gasteiger partial charge on any atom is 0.185 e. The lowest BCUT2D eigenvalue weighted by Gasteiger charge is -2.29. The summed E-state index contributed by atoms with van der Waals surface area (Å²) in [5.74, 6) is 0.172. The summed E-state index contributed by atoms with van der Waals surface area (Å²) in [5, 5.41) is 0.647. The fourth-order valence-corrected chi connectivity index (χ4v) is 3.65. The maximum absolute atomic E-state index is 14.7. The predicted octanol–water partition coefficient (Wildman–Crippen LogP) is 6.73. The van der Waals surface area contributed by atoms with Crippen molar-refractivity contribution in [2.45, 2.75) is 31.6 Å². The molecule has 0 aliphatic rings. The van der Waals surface area contributed by atoms with Gasteiger partial charge in [0.25, 0.3) is 0 Å². The molecule has 0 radical (unpaired) electrons. The number of alkyl halides is 1. The number of hydrogen-bond acceptors (Lipinski definition) is 4. The highest BCUT2D eigenvalue weighted by molar-refractivity contribution is 6.43. The van der Waals surface area contributed by atoms with Crippen LogP contribution in [-0.2, 0) is 27.5 Å². The highest BCUT2D eigenvalue weighted by Gasteiger charge is 2.33. The van der Waals surface area contributed by atoms with Gasteiger partial charge < -0.3 is 19.0 Å². The summed E-state index contributed by atoms with van der Waals surface area (Å²) in [6.07, 6.45) is -4.04. The third kappa shape index (κ3) is 7.70. The van der Waals surface area contributed by atoms with E-state index in [1.165, 1.54) is 12.1 Å². The van der Waals surface area contributed by atoms with Gasteiger partial charge in [0, 0.05) is 6.07 Å². The highest BCUT2D eigenvalue weighted by Crippen LogP contribution is 2.35. The molecule has 4 nitrogen and oxygen atoms in total. The fourth-order valence-electron chi connectivity index (χ4n) is 3.07. The van der Waals surface area contributed by atoms with E-state index >= 15 is 0 Å². The van der Waals surface area contributed by atoms with E-state index in [0.29, 0.717) is 0 Å². The molecule has 0 bridgehead atoms. The van der Waals surface area contributed by atoms with Gasteiger partial charge in [-0.05, 0) is 17.2 Å². The van der Waals surface area contributed by atoms with Crippen LogP contribution < -0.4 is 4.74 Å². The minimum absolute atomic E-state index is 0.0703. The molecular weight excluding hydrogens is 490 g/mol. The molecule has 3 rings (SSSR count). The Balaban J connectivity index is 1.81. The van der Waals surface area contributed by atoms with Crippen LogP contribution in [0, 0.1) is 0 Å². The predicted molar refractivity (Wildman–Crippen MR) is 128 cm³/mol. The lowest BCUT2D eigenvalue weighted by Crippen LogP contribution is -2.44. The van der Waals surface area contributed by atoms with Crippen molar-refractivity contribution in [1.29, 1.82) is 0 Å². The van der Waals surface area contributed by atoms with Crippen LogP contribution in [0.25, 0.3) is 0 Å². The molecule has 8 heteroatoms. The van der Waals surface area contributed by atoms with Crippen molar-refractivity contribution in [2.75, 3.05) is 6.61 Å². The van der Waals surface area contributed by atoms with E-state index in [0.717, 1.165) is 11.1 Å². The van der Waals surface area contributed by atoms with E-state index in [1.807, 2.05) is 60.7 Å². The van der Waals surface area contributed by atoms with E-state index in [4.69, 9.17) is 49.0 Å². The van der Waals surface area contributed by atoms with E-state index in [-0.39, 0.29) is 46.9 Å². The molecule has 0 N–H and O–H groups in total. The van der Waals surface area contributed by atoms with Gasteiger partial charge in [-0.3, -0.25) is 0 Å². The third-order valence-corrected chi connectivity index (χ3v) is 5.76. The molecule has 0 unspecified atom stereocenters. The van der Waals surface area contributed by atoms with E-state index < -0.39 is 18.4 Å². The number of halogens is 4. The number of rotatable bonds is 12. The first kappa shape index (κ1) is 25.5. The minimum atomic E-state index is -1.96. The highest BCUT2D eigenvalue weighted by atomic mass is 35.5. The van der Waals surface area contributed by atoms with Gasteiger partial charge in [0.2, 0.25) is 0 Å². The molecule has 3 aromatic rings. The van der Waals surface area contributed by atoms with Crippen LogP contribution in [-0.4, -0.2) is 31.3 Å². The SMILES string of the molecule is O=C[C@H](F)[C@H](OCc1ccccc1)[C@@H](COCc1ccccc1)Oc1cc(Cl)c(Cl)cc1Cl. The summed E-state index contributed by atoms with van der Waals surface area (Å²) in [4.78, 5) is 11.4. The Kier molecular flexibility index (Phi) is 9.97. The average molecular weight is 512 g/mol. The van der Waals surface area contributed by atoms with Gasteiger partial charge in [0.05, 0.1) is 34.9 Å². The fraction of sp³-hybridized carbons (Fsp3) is 0.240. The zero-order valence-electron chi connectivity index (χ0n) is 17.5. The van der Waals surface area contributed by atoms with Crippen LogP contribution in [0.2, 0.25) is 15.1 Å². The Labute approximate surface area is 207 Å². The molecule has 0 saturated heterocycles. The zero-order chi connectivity index (χ0) is 23.6. The van der Waals surface area contributed by atoms with Gasteiger partial charge in [0.15, 0.2) is 18.6 Å². The molecule has 0 heterocycles. The largest absolute Gasteiger partial charge is 0.484 e. The molecule has 0 aliphatic heterocycles. The molecule has 0 fully saturated rings. The first-order valence-electron chi connectivity index (χ1n) is 10.2. The molecule has 3 atom stereocenters. The minimum Gasteiger partial charge on any atom is -0.484 e. The first-order valence-corrected chi connectivity index (χ1v) is 11.3. The number of carbonyl (C=O) groups is 1. The second-order valence-electron chi connectivity index (χ2n) is 7.20. The third-order valence-electron chi connectivity index (χ3n) is 4.74. The Morgan fingerprint density at radius 1 is 0.818 bits per heavy atom. The molecule has 33 heavy (non-hydrogen) atoms. The van der Waals surface area contributed by atoms with Gasteiger partial charge in [-0.25, -0.2) is 4.39 Å². The quantitative estimate of drug-likeness (QED) is 0.200. The van der Waals surface area contributed by atoms with Crippen molar-refractivity contribution in [3.63, 3.8) is 0 Å². The van der Waals surface area contributed by atoms with Crippen molar-refractivity contribution in [3.05, 3.63) is 99.0 Å². The van der Waals surface area contributed by atoms with Gasteiger partial charge in [-0.2, -0.15) is 0 Å². The molecule has 0 amide bonds. The maximum atomic E-state index is 14.7. The number of benzene rings is 3. The lowest BCUT2D eigenvalue weighted by molar-refractivity contribution is -0.129. The number of hydrogen-bond donors (Lipinski definition) is 0. The van der Waals surface area contributed by atoms with E-state index in [1.54, 1.807) is 0 Å². The molecule has 3 aromatic carbocycles. The van der Waals surface area contributed by atoms with Crippen molar-refractivity contribution in [1.82, 2.24) is 0 Å². The molecule has 174 valence electrons. The molecule has 0 aromatic heterocycles. The molecule has 0 aliphatic carbocycles. The monoisotopic (exact) mass is 510 g/mol. The van der Waals surface area contributed by atoms with E-state index in [9.17, 15) is 9.18 Å². The summed E-state index contributed by atoms with van der Waals surface area (Å²) in [7, 11) is 0. The second-order valence-corrected chi connectivity index (χ2v) is 8.42. The van der Waals surface area contributed by atoms with Crippen molar-refractivity contribution in [3.8, 4) is 5.75 Å². The van der Waals surface area contributed by atoms with Gasteiger partial charge >= 0.3 is 0 Å². The average Bonchev–Trinajstić information content (AvgIpc) is 2.83. The van der Waals surface area contributed by atoms with Gasteiger partial charge in [0.1, 0.15) is 11.9 Å². The Morgan fingerprint density at radius 2 is 1.39 bits per heavy atom. The van der Waals surface area contributed by atoms with Crippen LogP contribution in [0.3, 0.4) is 0 Å². The topological polar surface area (TPSA) is 44.8 Å². The van der Waals surface area contributed by atoms with Crippen LogP contribution in [0.15, 0.2) is 72.8 Å². The summed E-state index contributed by atoms with van der Waals surface area (Å²) in [5.41, 5.74) is 1.75. The van der Waals surface area contributed by atoms with Crippen LogP contribution in [0.1, 0.15) is 11.1 Å². The summed E-state index contributed by atoms with van der Waals surface area (Å²) in [6.45, 7) is 0.270. The Bertz CT molecular complexity index is 1020. The van der Waals surface area contributed by atoms with Gasteiger partial charge in [-0.15, -0.1) is 0 Å². The smallest absolute Gasteiger partial charge is 0.185 e. The summed E-state index contributed by atoms with van der Waals surface area (Å²) in [6, 6.07) is 21.5. The van der Waals surface area contributed by atoms with Crippen molar-refractivity contribution >= 4 is 41.1 Å². The first-order chi connectivity index (χ1) is 16.0. The summed E-state index contributed by atoms with van der Waals surface area (Å²) >= 11 is 18.4. The molecule has 0 spiro atoms. The zero-order valence-corrected chi connectivity index (χ0v) is 19.8. The number of ether oxygens (including phenoxy) is 3. The van der Waals surface area contributed by atoms with Crippen molar-refractivity contribution < 1.29 is 23.4 Å². The normalized spacial score (nSPS) is 13.8. The Morgan fingerprint density at radius 3 is 2.00 bits per heavy atom. The van der Waals surface area contributed by atoms with E-state index in [2.05, 4.69) is 0 Å². The number of aldehydes is 1. The standard InChI is InChI=1S/C25H22Cl3FO4/c26-19-11-21(28)23(12-20(19)27)33-24(16-31-14-17-7-3-1-4-8-17)25(22(29)13-30)32-15-18-9-5-2-6-10-18/h1-13,22,24-25H,14-16H2/t22-,24+,25-/m0/s1. The van der Waals surface area contributed by atoms with Crippen LogP contribution in [0.4, 0.5) is 4.39 Å². The molecular formula is C25H22Cl3FO4. The van der Waals surface area contributed by atoms with Gasteiger partial charge in [-0.1, -0.05) is 95.5 Å². The van der Waals surface area contributed by atoms with Crippen LogP contribution in [0.5, 0.6) is 5.75 Å². The second kappa shape index (κ2) is 12.9. The van der Waals surface area contributed by atoms with Crippen molar-refractivity contribution in [2.24, 2.45) is 0 Å². The van der Waals surface area contributed by atoms with Crippen LogP contribution >= 0.6 is 34.8 Å².